The van der Waals surface area contributed by atoms with Crippen molar-refractivity contribution in [3.63, 3.8) is 0 Å². The maximum Gasteiger partial charge on any atom is 0.0701 e. The zero-order valence-electron chi connectivity index (χ0n) is 12.6. The smallest absolute Gasteiger partial charge is 0.0701 e. The summed E-state index contributed by atoms with van der Waals surface area (Å²) >= 11 is 4.34. The van der Waals surface area contributed by atoms with Gasteiger partial charge in [-0.2, -0.15) is 12.6 Å². The fourth-order valence-corrected chi connectivity index (χ4v) is 1.30. The maximum absolute atomic E-state index is 5.51. The summed E-state index contributed by atoms with van der Waals surface area (Å²) in [6.07, 6.45) is 0. The Labute approximate surface area is 118 Å². The fraction of sp³-hybridized carbons (Fsp3) is 1.00. The highest BCUT2D eigenvalue weighted by atomic mass is 32.1. The molecule has 0 radical (unpaired) electrons. The van der Waals surface area contributed by atoms with E-state index in [4.69, 9.17) is 9.47 Å². The van der Waals surface area contributed by atoms with E-state index in [1.165, 1.54) is 0 Å². The zero-order valence-corrected chi connectivity index (χ0v) is 13.4. The van der Waals surface area contributed by atoms with E-state index in [0.717, 1.165) is 26.3 Å². The molecular weight excluding hydrogens is 248 g/mol. The van der Waals surface area contributed by atoms with Crippen molar-refractivity contribution in [3.8, 4) is 0 Å². The Balaban J connectivity index is 3.22. The second kappa shape index (κ2) is 11.1. The number of thiol groups is 1. The Kier molecular flexibility index (Phi) is 11.2. The third kappa shape index (κ3) is 10.1. The molecule has 18 heavy (non-hydrogen) atoms. The highest BCUT2D eigenvalue weighted by molar-refractivity contribution is 7.80. The van der Waals surface area contributed by atoms with Gasteiger partial charge in [0.1, 0.15) is 0 Å². The molecule has 0 aliphatic heterocycles. The summed E-state index contributed by atoms with van der Waals surface area (Å²) in [7, 11) is 4.15. The topological polar surface area (TPSA) is 24.9 Å². The monoisotopic (exact) mass is 278 g/mol. The van der Waals surface area contributed by atoms with Crippen LogP contribution in [-0.4, -0.2) is 74.8 Å². The van der Waals surface area contributed by atoms with Crippen LogP contribution in [0, 0.1) is 0 Å². The lowest BCUT2D eigenvalue weighted by Crippen LogP contribution is -2.30. The van der Waals surface area contributed by atoms with E-state index in [2.05, 4.69) is 50.2 Å². The first-order chi connectivity index (χ1) is 8.45. The number of rotatable bonds is 11. The van der Waals surface area contributed by atoms with Gasteiger partial charge in [0.2, 0.25) is 0 Å². The molecule has 0 saturated heterocycles. The van der Waals surface area contributed by atoms with Crippen LogP contribution in [0.2, 0.25) is 0 Å². The molecule has 0 aromatic heterocycles. The Morgan fingerprint density at radius 2 is 1.28 bits per heavy atom. The minimum atomic E-state index is 0.274. The summed E-state index contributed by atoms with van der Waals surface area (Å²) in [5.74, 6) is 0. The van der Waals surface area contributed by atoms with Crippen molar-refractivity contribution in [3.05, 3.63) is 0 Å². The average molecular weight is 278 g/mol. The molecular formula is C13H30N2O2S. The van der Waals surface area contributed by atoms with E-state index in [9.17, 15) is 0 Å². The van der Waals surface area contributed by atoms with Gasteiger partial charge in [-0.05, 0) is 34.9 Å². The lowest BCUT2D eigenvalue weighted by atomic mass is 10.3. The van der Waals surface area contributed by atoms with E-state index in [1.807, 2.05) is 7.05 Å². The van der Waals surface area contributed by atoms with Gasteiger partial charge < -0.3 is 14.4 Å². The quantitative estimate of drug-likeness (QED) is 0.352. The summed E-state index contributed by atoms with van der Waals surface area (Å²) < 4.78 is 11.0. The predicted molar refractivity (Wildman–Crippen MR) is 80.5 cm³/mol. The molecule has 0 aromatic rings. The first-order valence-electron chi connectivity index (χ1n) is 6.69. The normalized spacial score (nSPS) is 13.8. The molecule has 0 heterocycles. The van der Waals surface area contributed by atoms with Crippen molar-refractivity contribution >= 4 is 12.6 Å². The van der Waals surface area contributed by atoms with Crippen molar-refractivity contribution < 1.29 is 9.47 Å². The Bertz CT molecular complexity index is 172. The van der Waals surface area contributed by atoms with Crippen LogP contribution in [0.3, 0.4) is 0 Å². The maximum atomic E-state index is 5.51. The third-order valence-corrected chi connectivity index (χ3v) is 3.46. The Hall–Kier alpha value is 0.190. The van der Waals surface area contributed by atoms with E-state index in [1.54, 1.807) is 0 Å². The molecule has 0 aliphatic carbocycles. The van der Waals surface area contributed by atoms with Gasteiger partial charge in [-0.3, -0.25) is 4.90 Å². The third-order valence-electron chi connectivity index (χ3n) is 3.07. The second-order valence-corrected chi connectivity index (χ2v) is 5.66. The van der Waals surface area contributed by atoms with Crippen LogP contribution in [-0.2, 0) is 9.47 Å². The second-order valence-electron chi connectivity index (χ2n) is 4.91. The average Bonchev–Trinajstić information content (AvgIpc) is 2.31. The van der Waals surface area contributed by atoms with Gasteiger partial charge in [0.25, 0.3) is 0 Å². The molecule has 0 amide bonds. The Morgan fingerprint density at radius 1 is 0.833 bits per heavy atom. The minimum absolute atomic E-state index is 0.274. The number of nitrogens with zero attached hydrogens (tertiary/aromatic N) is 2. The molecule has 0 fully saturated rings. The zero-order chi connectivity index (χ0) is 14.0. The minimum Gasteiger partial charge on any atom is -0.378 e. The van der Waals surface area contributed by atoms with Gasteiger partial charge in [0.05, 0.1) is 26.4 Å². The molecule has 4 nitrogen and oxygen atoms in total. The molecule has 110 valence electrons. The van der Waals surface area contributed by atoms with E-state index in [-0.39, 0.29) is 5.37 Å². The van der Waals surface area contributed by atoms with Crippen LogP contribution in [0.1, 0.15) is 20.8 Å². The van der Waals surface area contributed by atoms with E-state index < -0.39 is 0 Å². The van der Waals surface area contributed by atoms with Crippen molar-refractivity contribution in [2.24, 2.45) is 0 Å². The predicted octanol–water partition coefficient (Wildman–Crippen LogP) is 1.57. The van der Waals surface area contributed by atoms with Crippen LogP contribution < -0.4 is 0 Å². The van der Waals surface area contributed by atoms with Crippen LogP contribution in [0.4, 0.5) is 0 Å². The largest absolute Gasteiger partial charge is 0.378 e. The molecule has 0 N–H and O–H groups in total. The SMILES string of the molecule is CC(C)N(C)CCOCCOCCN(C)[C@@H](C)S. The Morgan fingerprint density at radius 3 is 1.67 bits per heavy atom. The van der Waals surface area contributed by atoms with Crippen LogP contribution in [0.25, 0.3) is 0 Å². The van der Waals surface area contributed by atoms with E-state index >= 15 is 0 Å². The highest BCUT2D eigenvalue weighted by Crippen LogP contribution is 1.98. The van der Waals surface area contributed by atoms with Gasteiger partial charge >= 0.3 is 0 Å². The van der Waals surface area contributed by atoms with E-state index in [0.29, 0.717) is 19.3 Å². The van der Waals surface area contributed by atoms with Crippen molar-refractivity contribution in [2.75, 3.05) is 53.6 Å². The first-order valence-corrected chi connectivity index (χ1v) is 7.20. The van der Waals surface area contributed by atoms with Gasteiger partial charge in [-0.15, -0.1) is 0 Å². The van der Waals surface area contributed by atoms with Gasteiger partial charge in [-0.1, -0.05) is 0 Å². The molecule has 0 aliphatic rings. The molecule has 0 aromatic carbocycles. The van der Waals surface area contributed by atoms with Crippen molar-refractivity contribution in [1.82, 2.24) is 9.80 Å². The standard InChI is InChI=1S/C13H30N2O2S/c1-12(2)14(4)6-8-16-10-11-17-9-7-15(5)13(3)18/h12-13,18H,6-11H2,1-5H3/t13-/m1/s1. The molecule has 5 heteroatoms. The number of likely N-dealkylation sites (N-methyl/N-ethyl adjacent to an activating group) is 2. The molecule has 0 rings (SSSR count). The summed E-state index contributed by atoms with van der Waals surface area (Å²) in [6.45, 7) is 11.1. The molecule has 0 unspecified atom stereocenters. The molecule has 0 saturated carbocycles. The summed E-state index contributed by atoms with van der Waals surface area (Å²) in [5, 5.41) is 0.274. The lowest BCUT2D eigenvalue weighted by molar-refractivity contribution is 0.0326. The van der Waals surface area contributed by atoms with Crippen molar-refractivity contribution in [2.45, 2.75) is 32.2 Å². The lowest BCUT2D eigenvalue weighted by Gasteiger charge is -2.21. The van der Waals surface area contributed by atoms with Gasteiger partial charge in [-0.25, -0.2) is 0 Å². The highest BCUT2D eigenvalue weighted by Gasteiger charge is 2.03. The number of ether oxygens (including phenoxy) is 2. The number of hydrogen-bond donors (Lipinski definition) is 1. The van der Waals surface area contributed by atoms with Crippen LogP contribution >= 0.6 is 12.6 Å². The molecule has 0 bridgehead atoms. The van der Waals surface area contributed by atoms with Crippen LogP contribution in [0.15, 0.2) is 0 Å². The summed E-state index contributed by atoms with van der Waals surface area (Å²) in [6, 6.07) is 0.573. The van der Waals surface area contributed by atoms with Crippen molar-refractivity contribution in [1.29, 1.82) is 0 Å². The molecule has 0 spiro atoms. The molecule has 1 atom stereocenters. The first kappa shape index (κ1) is 18.2. The van der Waals surface area contributed by atoms with Crippen LogP contribution in [0.5, 0.6) is 0 Å². The number of hydrogen-bond acceptors (Lipinski definition) is 5. The van der Waals surface area contributed by atoms with Gasteiger partial charge in [0, 0.05) is 24.5 Å². The summed E-state index contributed by atoms with van der Waals surface area (Å²) in [5.41, 5.74) is 0. The summed E-state index contributed by atoms with van der Waals surface area (Å²) in [4.78, 5) is 4.41. The van der Waals surface area contributed by atoms with Gasteiger partial charge in [0.15, 0.2) is 0 Å². The fourth-order valence-electron chi connectivity index (χ4n) is 1.18.